The fourth-order valence-electron chi connectivity index (χ4n) is 1.58. The topological polar surface area (TPSA) is 45.8 Å². The highest BCUT2D eigenvalue weighted by Gasteiger charge is 2.08. The summed E-state index contributed by atoms with van der Waals surface area (Å²) in [5, 5.41) is 6.02. The van der Waals surface area contributed by atoms with Crippen molar-refractivity contribution in [1.29, 1.82) is 0 Å². The van der Waals surface area contributed by atoms with Crippen molar-refractivity contribution in [3.8, 4) is 0 Å². The van der Waals surface area contributed by atoms with Crippen LogP contribution in [0.25, 0.3) is 0 Å². The summed E-state index contributed by atoms with van der Waals surface area (Å²) in [6, 6.07) is 4.74. The number of nitrogens with zero attached hydrogens (tertiary/aromatic N) is 1. The van der Waals surface area contributed by atoms with Crippen LogP contribution in [0.15, 0.2) is 29.1 Å². The van der Waals surface area contributed by atoms with Crippen LogP contribution in [0.1, 0.15) is 16.8 Å². The van der Waals surface area contributed by atoms with Crippen molar-refractivity contribution in [3.63, 3.8) is 0 Å². The van der Waals surface area contributed by atoms with Gasteiger partial charge in [0.15, 0.2) is 0 Å². The van der Waals surface area contributed by atoms with Gasteiger partial charge >= 0.3 is 0 Å². The molecule has 0 unspecified atom stereocenters. The summed E-state index contributed by atoms with van der Waals surface area (Å²) in [5.74, 6) is -1.05. The van der Waals surface area contributed by atoms with E-state index in [0.717, 1.165) is 18.2 Å². The van der Waals surface area contributed by atoms with E-state index in [1.165, 1.54) is 0 Å². The number of rotatable bonds is 2. The van der Waals surface area contributed by atoms with Gasteiger partial charge in [0, 0.05) is 12.0 Å². The molecule has 3 nitrogen and oxygen atoms in total. The van der Waals surface area contributed by atoms with Crippen LogP contribution < -0.4 is 5.56 Å². The Morgan fingerprint density at radius 2 is 2.00 bits per heavy atom. The molecule has 1 N–H and O–H groups in total. The first kappa shape index (κ1) is 11.4. The maximum atomic E-state index is 13.4. The van der Waals surface area contributed by atoms with Gasteiger partial charge in [-0.15, -0.1) is 0 Å². The number of halogens is 2. The third-order valence-electron chi connectivity index (χ3n) is 2.40. The van der Waals surface area contributed by atoms with Crippen molar-refractivity contribution in [2.24, 2.45) is 0 Å². The first-order valence-corrected chi connectivity index (χ1v) is 5.05. The van der Waals surface area contributed by atoms with E-state index in [1.807, 2.05) is 0 Å². The molecular weight excluding hydrogens is 226 g/mol. The van der Waals surface area contributed by atoms with Crippen LogP contribution in [-0.4, -0.2) is 10.2 Å². The normalized spacial score (nSPS) is 10.5. The van der Waals surface area contributed by atoms with Crippen LogP contribution in [0.3, 0.4) is 0 Å². The maximum Gasteiger partial charge on any atom is 0.267 e. The molecule has 0 atom stereocenters. The van der Waals surface area contributed by atoms with Gasteiger partial charge in [0.05, 0.1) is 5.69 Å². The Labute approximate surface area is 96.1 Å². The fourth-order valence-corrected chi connectivity index (χ4v) is 1.58. The van der Waals surface area contributed by atoms with Crippen molar-refractivity contribution >= 4 is 0 Å². The standard InChI is InChI=1S/C12H10F2N2O/c1-7-4-9(12(17)16-15-7)5-8-6-10(13)2-3-11(8)14/h2-4,6H,5H2,1H3,(H,16,17). The van der Waals surface area contributed by atoms with Crippen LogP contribution in [0.5, 0.6) is 0 Å². The second kappa shape index (κ2) is 4.45. The number of hydrogen-bond acceptors (Lipinski definition) is 2. The summed E-state index contributed by atoms with van der Waals surface area (Å²) in [6.07, 6.45) is 0.0439. The molecule has 0 spiro atoms. The van der Waals surface area contributed by atoms with Gasteiger partial charge in [-0.05, 0) is 36.8 Å². The number of nitrogens with one attached hydrogen (secondary N) is 1. The largest absolute Gasteiger partial charge is 0.268 e. The zero-order chi connectivity index (χ0) is 12.4. The molecule has 0 amide bonds. The second-order valence-electron chi connectivity index (χ2n) is 3.78. The number of aromatic nitrogens is 2. The number of aryl methyl sites for hydroxylation is 1. The van der Waals surface area contributed by atoms with Crippen LogP contribution in [0.2, 0.25) is 0 Å². The summed E-state index contributed by atoms with van der Waals surface area (Å²) in [6.45, 7) is 1.71. The van der Waals surface area contributed by atoms with Crippen molar-refractivity contribution < 1.29 is 8.78 Å². The average molecular weight is 236 g/mol. The monoisotopic (exact) mass is 236 g/mol. The molecule has 2 rings (SSSR count). The summed E-state index contributed by atoms with van der Waals surface area (Å²) in [7, 11) is 0. The van der Waals surface area contributed by atoms with Crippen LogP contribution in [0.4, 0.5) is 8.78 Å². The van der Waals surface area contributed by atoms with E-state index in [-0.39, 0.29) is 17.5 Å². The third-order valence-corrected chi connectivity index (χ3v) is 2.40. The summed E-state index contributed by atoms with van der Waals surface area (Å²) < 4.78 is 26.4. The van der Waals surface area contributed by atoms with Crippen molar-refractivity contribution in [2.75, 3.05) is 0 Å². The third kappa shape index (κ3) is 2.55. The molecule has 1 aromatic carbocycles. The number of hydrogen-bond donors (Lipinski definition) is 1. The van der Waals surface area contributed by atoms with Crippen LogP contribution in [0, 0.1) is 18.6 Å². The lowest BCUT2D eigenvalue weighted by Crippen LogP contribution is -2.15. The first-order valence-electron chi connectivity index (χ1n) is 5.05. The van der Waals surface area contributed by atoms with Gasteiger partial charge in [0.1, 0.15) is 11.6 Å². The molecule has 0 aliphatic rings. The lowest BCUT2D eigenvalue weighted by atomic mass is 10.1. The van der Waals surface area contributed by atoms with Gasteiger partial charge in [0.25, 0.3) is 5.56 Å². The van der Waals surface area contributed by atoms with E-state index in [4.69, 9.17) is 0 Å². The van der Waals surface area contributed by atoms with E-state index in [2.05, 4.69) is 10.2 Å². The summed E-state index contributed by atoms with van der Waals surface area (Å²) in [4.78, 5) is 11.4. The first-order chi connectivity index (χ1) is 8.06. The summed E-state index contributed by atoms with van der Waals surface area (Å²) in [5.41, 5.74) is 0.749. The molecular formula is C12H10F2N2O. The zero-order valence-corrected chi connectivity index (χ0v) is 9.13. The molecule has 0 aliphatic heterocycles. The Morgan fingerprint density at radius 3 is 2.76 bits per heavy atom. The van der Waals surface area contributed by atoms with Gasteiger partial charge in [-0.2, -0.15) is 5.10 Å². The molecule has 1 heterocycles. The van der Waals surface area contributed by atoms with Crippen LogP contribution >= 0.6 is 0 Å². The number of H-pyrrole nitrogens is 1. The smallest absolute Gasteiger partial charge is 0.267 e. The Kier molecular flexibility index (Phi) is 2.99. The lowest BCUT2D eigenvalue weighted by molar-refractivity contribution is 0.588. The Bertz CT molecular complexity index is 608. The predicted molar refractivity (Wildman–Crippen MR) is 58.8 cm³/mol. The molecule has 17 heavy (non-hydrogen) atoms. The van der Waals surface area contributed by atoms with Gasteiger partial charge in [0.2, 0.25) is 0 Å². The SMILES string of the molecule is Cc1cc(Cc2cc(F)ccc2F)c(=O)[nH]n1. The highest BCUT2D eigenvalue weighted by atomic mass is 19.1. The Hall–Kier alpha value is -2.04. The Balaban J connectivity index is 2.41. The predicted octanol–water partition coefficient (Wildman–Crippen LogP) is 1.95. The van der Waals surface area contributed by atoms with Crippen molar-refractivity contribution in [1.82, 2.24) is 10.2 Å². The molecule has 0 saturated carbocycles. The van der Waals surface area contributed by atoms with E-state index in [9.17, 15) is 13.6 Å². The van der Waals surface area contributed by atoms with E-state index in [0.29, 0.717) is 11.3 Å². The van der Waals surface area contributed by atoms with Crippen molar-refractivity contribution in [2.45, 2.75) is 13.3 Å². The van der Waals surface area contributed by atoms with Crippen molar-refractivity contribution in [3.05, 3.63) is 63.1 Å². The van der Waals surface area contributed by atoms with Gasteiger partial charge in [-0.3, -0.25) is 4.79 Å². The molecule has 0 aliphatic carbocycles. The minimum absolute atomic E-state index is 0.0439. The minimum Gasteiger partial charge on any atom is -0.268 e. The lowest BCUT2D eigenvalue weighted by Gasteiger charge is -2.03. The van der Waals surface area contributed by atoms with Gasteiger partial charge in [-0.1, -0.05) is 0 Å². The number of aromatic amines is 1. The number of benzene rings is 1. The van der Waals surface area contributed by atoms with E-state index >= 15 is 0 Å². The average Bonchev–Trinajstić information content (AvgIpc) is 2.28. The van der Waals surface area contributed by atoms with Crippen LogP contribution in [-0.2, 0) is 6.42 Å². The molecule has 0 saturated heterocycles. The molecule has 0 fully saturated rings. The molecule has 0 bridgehead atoms. The molecule has 88 valence electrons. The molecule has 5 heteroatoms. The molecule has 0 radical (unpaired) electrons. The fraction of sp³-hybridized carbons (Fsp3) is 0.167. The quantitative estimate of drug-likeness (QED) is 0.866. The van der Waals surface area contributed by atoms with Gasteiger partial charge < -0.3 is 0 Å². The highest BCUT2D eigenvalue weighted by molar-refractivity contribution is 5.26. The second-order valence-corrected chi connectivity index (χ2v) is 3.78. The van der Waals surface area contributed by atoms with Gasteiger partial charge in [-0.25, -0.2) is 13.9 Å². The minimum atomic E-state index is -0.528. The maximum absolute atomic E-state index is 13.4. The van der Waals surface area contributed by atoms with E-state index in [1.54, 1.807) is 13.0 Å². The summed E-state index contributed by atoms with van der Waals surface area (Å²) >= 11 is 0. The van der Waals surface area contributed by atoms with E-state index < -0.39 is 11.6 Å². The molecule has 1 aromatic heterocycles. The Morgan fingerprint density at radius 1 is 1.24 bits per heavy atom. The highest BCUT2D eigenvalue weighted by Crippen LogP contribution is 2.13. The molecule has 2 aromatic rings. The zero-order valence-electron chi connectivity index (χ0n) is 9.13.